The van der Waals surface area contributed by atoms with Gasteiger partial charge in [0.05, 0.1) is 70.0 Å². The first-order chi connectivity index (χ1) is 20.3. The third-order valence-corrected chi connectivity index (χ3v) is 5.90. The number of hydrogen-bond donors (Lipinski definition) is 0. The molecule has 0 saturated heterocycles. The SMILES string of the molecule is CCCOC(=O)c1c(C#Cc2ccc(C(=O)OC)cc2)c(OC)c(OC)c(OC)c1C#Cc1ccc(C(=O)OC)cc1. The Balaban J connectivity index is 2.28. The van der Waals surface area contributed by atoms with Crippen LogP contribution in [-0.2, 0) is 14.2 Å². The van der Waals surface area contributed by atoms with E-state index in [1.807, 2.05) is 6.92 Å². The molecule has 0 fully saturated rings. The minimum atomic E-state index is -0.674. The molecule has 0 bridgehead atoms. The molecule has 0 aliphatic heterocycles. The Hall–Kier alpha value is -5.41. The molecule has 0 unspecified atom stereocenters. The maximum atomic E-state index is 13.5. The molecule has 42 heavy (non-hydrogen) atoms. The summed E-state index contributed by atoms with van der Waals surface area (Å²) < 4.78 is 31.9. The monoisotopic (exact) mass is 570 g/mol. The van der Waals surface area contributed by atoms with Crippen molar-refractivity contribution in [1.82, 2.24) is 0 Å². The summed E-state index contributed by atoms with van der Waals surface area (Å²) >= 11 is 0. The number of methoxy groups -OCH3 is 5. The van der Waals surface area contributed by atoms with Gasteiger partial charge >= 0.3 is 17.9 Å². The lowest BCUT2D eigenvalue weighted by atomic mass is 9.97. The molecule has 0 spiro atoms. The van der Waals surface area contributed by atoms with Crippen molar-refractivity contribution in [2.24, 2.45) is 0 Å². The van der Waals surface area contributed by atoms with Gasteiger partial charge in [0.2, 0.25) is 5.75 Å². The fraction of sp³-hybridized carbons (Fsp3) is 0.242. The fourth-order valence-corrected chi connectivity index (χ4v) is 3.85. The Labute approximate surface area is 244 Å². The molecule has 0 radical (unpaired) electrons. The average molecular weight is 571 g/mol. The lowest BCUT2D eigenvalue weighted by Gasteiger charge is -2.19. The van der Waals surface area contributed by atoms with Crippen LogP contribution in [0.4, 0.5) is 0 Å². The minimum Gasteiger partial charge on any atom is -0.491 e. The first-order valence-electron chi connectivity index (χ1n) is 12.8. The van der Waals surface area contributed by atoms with Crippen molar-refractivity contribution in [3.05, 3.63) is 87.5 Å². The molecular weight excluding hydrogens is 540 g/mol. The quantitative estimate of drug-likeness (QED) is 0.217. The van der Waals surface area contributed by atoms with Crippen molar-refractivity contribution in [3.8, 4) is 40.9 Å². The molecule has 0 N–H and O–H groups in total. The van der Waals surface area contributed by atoms with Gasteiger partial charge in [0, 0.05) is 11.1 Å². The summed E-state index contributed by atoms with van der Waals surface area (Å²) in [4.78, 5) is 37.1. The van der Waals surface area contributed by atoms with Crippen LogP contribution in [0.1, 0.15) is 66.7 Å². The van der Waals surface area contributed by atoms with E-state index in [-0.39, 0.29) is 40.5 Å². The van der Waals surface area contributed by atoms with Crippen molar-refractivity contribution >= 4 is 17.9 Å². The zero-order valence-corrected chi connectivity index (χ0v) is 24.2. The van der Waals surface area contributed by atoms with E-state index >= 15 is 0 Å². The zero-order valence-electron chi connectivity index (χ0n) is 24.2. The smallest absolute Gasteiger partial charge is 0.340 e. The molecule has 216 valence electrons. The molecule has 0 saturated carbocycles. The van der Waals surface area contributed by atoms with Gasteiger partial charge in [-0.25, -0.2) is 14.4 Å². The normalized spacial score (nSPS) is 9.76. The molecule has 3 rings (SSSR count). The van der Waals surface area contributed by atoms with Crippen molar-refractivity contribution in [2.45, 2.75) is 13.3 Å². The molecule has 3 aromatic carbocycles. The van der Waals surface area contributed by atoms with Gasteiger partial charge in [0.25, 0.3) is 0 Å². The Morgan fingerprint density at radius 3 is 1.31 bits per heavy atom. The van der Waals surface area contributed by atoms with Gasteiger partial charge in [-0.15, -0.1) is 0 Å². The fourth-order valence-electron chi connectivity index (χ4n) is 3.85. The van der Waals surface area contributed by atoms with Gasteiger partial charge in [0.15, 0.2) is 11.5 Å². The van der Waals surface area contributed by atoms with Gasteiger partial charge in [-0.3, -0.25) is 0 Å². The Morgan fingerprint density at radius 2 is 0.976 bits per heavy atom. The Kier molecular flexibility index (Phi) is 11.0. The highest BCUT2D eigenvalue weighted by molar-refractivity contribution is 5.99. The number of benzene rings is 3. The topological polar surface area (TPSA) is 107 Å². The molecule has 0 amide bonds. The van der Waals surface area contributed by atoms with Crippen LogP contribution in [0, 0.1) is 23.7 Å². The maximum absolute atomic E-state index is 13.5. The second kappa shape index (κ2) is 14.8. The van der Waals surface area contributed by atoms with Crippen LogP contribution in [0.2, 0.25) is 0 Å². The van der Waals surface area contributed by atoms with E-state index in [1.54, 1.807) is 48.5 Å². The summed E-state index contributed by atoms with van der Waals surface area (Å²) in [5.74, 6) is 10.9. The molecule has 0 heterocycles. The van der Waals surface area contributed by atoms with Crippen LogP contribution in [-0.4, -0.2) is 60.1 Å². The number of hydrogen-bond acceptors (Lipinski definition) is 9. The van der Waals surface area contributed by atoms with E-state index in [0.29, 0.717) is 28.7 Å². The van der Waals surface area contributed by atoms with Crippen LogP contribution in [0.15, 0.2) is 48.5 Å². The summed E-state index contributed by atoms with van der Waals surface area (Å²) in [6, 6.07) is 12.9. The second-order valence-corrected chi connectivity index (χ2v) is 8.50. The van der Waals surface area contributed by atoms with E-state index in [4.69, 9.17) is 28.4 Å². The van der Waals surface area contributed by atoms with Crippen molar-refractivity contribution in [3.63, 3.8) is 0 Å². The maximum Gasteiger partial charge on any atom is 0.340 e. The van der Waals surface area contributed by atoms with Gasteiger partial charge in [0.1, 0.15) is 0 Å². The molecular formula is C33H30O9. The number of ether oxygens (including phenoxy) is 6. The van der Waals surface area contributed by atoms with Crippen LogP contribution < -0.4 is 14.2 Å². The summed E-state index contributed by atoms with van der Waals surface area (Å²) in [7, 11) is 6.87. The predicted molar refractivity (Wildman–Crippen MR) is 154 cm³/mol. The van der Waals surface area contributed by atoms with E-state index in [1.165, 1.54) is 35.5 Å². The third-order valence-electron chi connectivity index (χ3n) is 5.90. The summed E-state index contributed by atoms with van der Waals surface area (Å²) in [5.41, 5.74) is 2.25. The number of carbonyl (C=O) groups is 3. The highest BCUT2D eigenvalue weighted by Gasteiger charge is 2.30. The van der Waals surface area contributed by atoms with E-state index in [9.17, 15) is 14.4 Å². The first kappa shape index (κ1) is 31.1. The minimum absolute atomic E-state index is 0.0373. The van der Waals surface area contributed by atoms with Gasteiger partial charge in [-0.1, -0.05) is 30.6 Å². The lowest BCUT2D eigenvalue weighted by Crippen LogP contribution is -2.13. The van der Waals surface area contributed by atoms with E-state index in [0.717, 1.165) is 0 Å². The van der Waals surface area contributed by atoms with E-state index in [2.05, 4.69) is 23.7 Å². The number of esters is 3. The molecule has 9 heteroatoms. The van der Waals surface area contributed by atoms with Crippen LogP contribution in [0.25, 0.3) is 0 Å². The van der Waals surface area contributed by atoms with E-state index < -0.39 is 17.9 Å². The molecule has 9 nitrogen and oxygen atoms in total. The number of rotatable bonds is 8. The second-order valence-electron chi connectivity index (χ2n) is 8.50. The highest BCUT2D eigenvalue weighted by atomic mass is 16.5. The van der Waals surface area contributed by atoms with Gasteiger partial charge in [-0.2, -0.15) is 0 Å². The zero-order chi connectivity index (χ0) is 30.6. The molecule has 0 aliphatic rings. The summed E-state index contributed by atoms with van der Waals surface area (Å²) in [5, 5.41) is 0. The van der Waals surface area contributed by atoms with Crippen LogP contribution in [0.5, 0.6) is 17.2 Å². The highest BCUT2D eigenvalue weighted by Crippen LogP contribution is 2.45. The van der Waals surface area contributed by atoms with Gasteiger partial charge in [-0.05, 0) is 55.0 Å². The van der Waals surface area contributed by atoms with Crippen molar-refractivity contribution < 1.29 is 42.8 Å². The Bertz CT molecular complexity index is 1470. The first-order valence-corrected chi connectivity index (χ1v) is 12.8. The average Bonchev–Trinajstić information content (AvgIpc) is 3.03. The Morgan fingerprint density at radius 1 is 0.571 bits per heavy atom. The molecule has 0 aliphatic carbocycles. The summed E-state index contributed by atoms with van der Waals surface area (Å²) in [6.45, 7) is 2.04. The van der Waals surface area contributed by atoms with Crippen molar-refractivity contribution in [2.75, 3.05) is 42.2 Å². The van der Waals surface area contributed by atoms with Gasteiger partial charge < -0.3 is 28.4 Å². The lowest BCUT2D eigenvalue weighted by molar-refractivity contribution is 0.0502. The largest absolute Gasteiger partial charge is 0.491 e. The number of carbonyl (C=O) groups excluding carboxylic acids is 3. The standard InChI is InChI=1S/C33H30O9/c1-7-20-42-33(36)27-25(18-12-21-8-14-23(15-9-21)31(34)40-5)28(37-2)30(39-4)29(38-3)26(27)19-13-22-10-16-24(17-11-22)32(35)41-6/h8-11,14-17H,7,20H2,1-6H3. The molecule has 0 aromatic heterocycles. The van der Waals surface area contributed by atoms with Crippen LogP contribution in [0.3, 0.4) is 0 Å². The van der Waals surface area contributed by atoms with Crippen molar-refractivity contribution in [1.29, 1.82) is 0 Å². The molecule has 0 atom stereocenters. The predicted octanol–water partition coefficient (Wildman–Crippen LogP) is 4.65. The van der Waals surface area contributed by atoms with Crippen LogP contribution >= 0.6 is 0 Å². The molecule has 3 aromatic rings. The summed E-state index contributed by atoms with van der Waals surface area (Å²) in [6.07, 6.45) is 0.595. The third kappa shape index (κ3) is 7.01.